The standard InChI is InChI=1S/C63H108O6/c1-4-7-10-13-16-19-22-25-27-29-31-33-35-38-41-44-47-50-53-56-62(65)68-59-60(58-67-61(64)55-52-49-46-43-40-37-24-21-18-15-12-9-6-3)69-63(66)57-54-51-48-45-42-39-36-34-32-30-28-26-23-20-17-14-11-8-5-2/h9,12,16,18-19,21,25-28,31,33,37,40,60H,4-8,10-11,13-15,17,20,22-24,29-30,32,34-36,38-39,41-59H2,1-3H3/b12-9-,19-16-,21-18-,27-25-,28-26-,33-31-,40-37-. The fraction of sp³-hybridized carbons (Fsp3) is 0.730. The molecule has 0 saturated heterocycles. The van der Waals surface area contributed by atoms with E-state index in [0.29, 0.717) is 19.3 Å². The van der Waals surface area contributed by atoms with Gasteiger partial charge in [0, 0.05) is 19.3 Å². The van der Waals surface area contributed by atoms with Gasteiger partial charge in [-0.25, -0.2) is 0 Å². The molecule has 6 nitrogen and oxygen atoms in total. The number of unbranched alkanes of at least 4 members (excludes halogenated alkanes) is 27. The number of allylic oxidation sites excluding steroid dienone is 14. The van der Waals surface area contributed by atoms with Gasteiger partial charge in [0.25, 0.3) is 0 Å². The van der Waals surface area contributed by atoms with Crippen LogP contribution in [0.15, 0.2) is 85.1 Å². The summed E-state index contributed by atoms with van der Waals surface area (Å²) in [7, 11) is 0. The van der Waals surface area contributed by atoms with Crippen molar-refractivity contribution in [3.8, 4) is 0 Å². The van der Waals surface area contributed by atoms with Gasteiger partial charge in [0.2, 0.25) is 0 Å². The van der Waals surface area contributed by atoms with E-state index in [2.05, 4.69) is 106 Å². The molecule has 0 aliphatic heterocycles. The van der Waals surface area contributed by atoms with E-state index < -0.39 is 6.10 Å². The number of ether oxygens (including phenoxy) is 3. The van der Waals surface area contributed by atoms with Crippen LogP contribution in [-0.2, 0) is 28.6 Å². The maximum absolute atomic E-state index is 12.9. The third kappa shape index (κ3) is 55.4. The van der Waals surface area contributed by atoms with Gasteiger partial charge < -0.3 is 14.2 Å². The summed E-state index contributed by atoms with van der Waals surface area (Å²) >= 11 is 0. The van der Waals surface area contributed by atoms with Crippen molar-refractivity contribution in [2.24, 2.45) is 0 Å². The SMILES string of the molecule is CC/C=C\C/C=C\C/C=C\CCCCCC(=O)OCC(COC(=O)CCCCCCCC/C=C\C/C=C\C/C=C\CCCCC)OC(=O)CCCCCCCCCCC/C=C\CCCCCCCC. The molecule has 0 spiro atoms. The average Bonchev–Trinajstić information content (AvgIpc) is 3.35. The molecular formula is C63H108O6. The van der Waals surface area contributed by atoms with Crippen LogP contribution >= 0.6 is 0 Å². The van der Waals surface area contributed by atoms with Crippen LogP contribution in [0.5, 0.6) is 0 Å². The van der Waals surface area contributed by atoms with E-state index >= 15 is 0 Å². The van der Waals surface area contributed by atoms with Crippen molar-refractivity contribution in [3.63, 3.8) is 0 Å². The number of hydrogen-bond donors (Lipinski definition) is 0. The summed E-state index contributed by atoms with van der Waals surface area (Å²) in [6.45, 7) is 6.47. The zero-order chi connectivity index (χ0) is 50.0. The summed E-state index contributed by atoms with van der Waals surface area (Å²) in [6.07, 6.45) is 74.3. The highest BCUT2D eigenvalue weighted by Crippen LogP contribution is 2.15. The Balaban J connectivity index is 4.41. The highest BCUT2D eigenvalue weighted by molar-refractivity contribution is 5.71. The third-order valence-electron chi connectivity index (χ3n) is 12.4. The van der Waals surface area contributed by atoms with Crippen LogP contribution in [0.4, 0.5) is 0 Å². The normalized spacial score (nSPS) is 12.7. The number of carbonyl (C=O) groups is 3. The largest absolute Gasteiger partial charge is 0.462 e. The number of carbonyl (C=O) groups excluding carboxylic acids is 3. The van der Waals surface area contributed by atoms with Gasteiger partial charge in [0.05, 0.1) is 0 Å². The molecule has 69 heavy (non-hydrogen) atoms. The lowest BCUT2D eigenvalue weighted by atomic mass is 10.1. The second-order valence-electron chi connectivity index (χ2n) is 19.2. The van der Waals surface area contributed by atoms with E-state index in [-0.39, 0.29) is 31.1 Å². The van der Waals surface area contributed by atoms with Gasteiger partial charge in [0.1, 0.15) is 13.2 Å². The molecule has 0 bridgehead atoms. The molecule has 0 N–H and O–H groups in total. The topological polar surface area (TPSA) is 78.9 Å². The summed E-state index contributed by atoms with van der Waals surface area (Å²) in [5, 5.41) is 0. The van der Waals surface area contributed by atoms with Crippen LogP contribution in [0.2, 0.25) is 0 Å². The molecule has 396 valence electrons. The Hall–Kier alpha value is -3.41. The van der Waals surface area contributed by atoms with Crippen molar-refractivity contribution in [1.29, 1.82) is 0 Å². The molecule has 0 fully saturated rings. The molecule has 0 aromatic carbocycles. The van der Waals surface area contributed by atoms with Crippen molar-refractivity contribution in [2.75, 3.05) is 13.2 Å². The molecule has 0 radical (unpaired) electrons. The molecule has 0 aliphatic rings. The number of hydrogen-bond acceptors (Lipinski definition) is 6. The third-order valence-corrected chi connectivity index (χ3v) is 12.4. The monoisotopic (exact) mass is 961 g/mol. The van der Waals surface area contributed by atoms with Gasteiger partial charge in [-0.3, -0.25) is 14.4 Å². The van der Waals surface area contributed by atoms with E-state index in [9.17, 15) is 14.4 Å². The van der Waals surface area contributed by atoms with Gasteiger partial charge in [-0.2, -0.15) is 0 Å². The van der Waals surface area contributed by atoms with Crippen LogP contribution in [0.3, 0.4) is 0 Å². The van der Waals surface area contributed by atoms with Crippen molar-refractivity contribution < 1.29 is 28.6 Å². The highest BCUT2D eigenvalue weighted by atomic mass is 16.6. The lowest BCUT2D eigenvalue weighted by Crippen LogP contribution is -2.30. The van der Waals surface area contributed by atoms with Gasteiger partial charge in [-0.15, -0.1) is 0 Å². The van der Waals surface area contributed by atoms with E-state index in [1.54, 1.807) is 0 Å². The first-order valence-electron chi connectivity index (χ1n) is 29.1. The van der Waals surface area contributed by atoms with Crippen molar-refractivity contribution in [2.45, 2.75) is 284 Å². The minimum atomic E-state index is -0.796. The summed E-state index contributed by atoms with van der Waals surface area (Å²) < 4.78 is 16.8. The smallest absolute Gasteiger partial charge is 0.306 e. The van der Waals surface area contributed by atoms with Crippen LogP contribution in [0.1, 0.15) is 278 Å². The van der Waals surface area contributed by atoms with E-state index in [0.717, 1.165) is 103 Å². The Kier molecular flexibility index (Phi) is 54.3. The first-order valence-corrected chi connectivity index (χ1v) is 29.1. The summed E-state index contributed by atoms with van der Waals surface area (Å²) in [6, 6.07) is 0. The van der Waals surface area contributed by atoms with Gasteiger partial charge in [-0.1, -0.05) is 228 Å². The molecule has 1 unspecified atom stereocenters. The molecule has 0 aliphatic carbocycles. The molecule has 0 saturated carbocycles. The van der Waals surface area contributed by atoms with Gasteiger partial charge in [-0.05, 0) is 116 Å². The average molecular weight is 962 g/mol. The quantitative estimate of drug-likeness (QED) is 0.0262. The highest BCUT2D eigenvalue weighted by Gasteiger charge is 2.19. The maximum atomic E-state index is 12.9. The van der Waals surface area contributed by atoms with E-state index in [1.165, 1.54) is 135 Å². The molecule has 1 atom stereocenters. The van der Waals surface area contributed by atoms with E-state index in [4.69, 9.17) is 14.2 Å². The zero-order valence-electron chi connectivity index (χ0n) is 45.3. The summed E-state index contributed by atoms with van der Waals surface area (Å²) in [5.41, 5.74) is 0. The summed E-state index contributed by atoms with van der Waals surface area (Å²) in [4.78, 5) is 38.2. The van der Waals surface area contributed by atoms with Gasteiger partial charge in [0.15, 0.2) is 6.10 Å². The van der Waals surface area contributed by atoms with Crippen LogP contribution in [0.25, 0.3) is 0 Å². The van der Waals surface area contributed by atoms with Crippen molar-refractivity contribution >= 4 is 17.9 Å². The van der Waals surface area contributed by atoms with Crippen LogP contribution in [-0.4, -0.2) is 37.2 Å². The predicted octanol–water partition coefficient (Wildman–Crippen LogP) is 19.5. The second kappa shape index (κ2) is 57.2. The number of esters is 3. The molecule has 0 heterocycles. The van der Waals surface area contributed by atoms with Crippen LogP contribution in [0, 0.1) is 0 Å². The Morgan fingerprint density at radius 3 is 0.942 bits per heavy atom. The summed E-state index contributed by atoms with van der Waals surface area (Å²) in [5.74, 6) is -0.931. The minimum absolute atomic E-state index is 0.0935. The molecular weight excluding hydrogens is 853 g/mol. The first kappa shape index (κ1) is 65.6. The Morgan fingerprint density at radius 1 is 0.304 bits per heavy atom. The second-order valence-corrected chi connectivity index (χ2v) is 19.2. The number of rotatable bonds is 52. The zero-order valence-corrected chi connectivity index (χ0v) is 45.3. The Morgan fingerprint density at radius 2 is 0.565 bits per heavy atom. The van der Waals surface area contributed by atoms with E-state index in [1.807, 2.05) is 0 Å². The first-order chi connectivity index (χ1) is 34.0. The molecule has 0 aromatic rings. The van der Waals surface area contributed by atoms with Crippen LogP contribution < -0.4 is 0 Å². The fourth-order valence-corrected chi connectivity index (χ4v) is 7.99. The predicted molar refractivity (Wildman–Crippen MR) is 297 cm³/mol. The lowest BCUT2D eigenvalue weighted by Gasteiger charge is -2.18. The van der Waals surface area contributed by atoms with Crippen molar-refractivity contribution in [3.05, 3.63) is 85.1 Å². The Labute approximate surface area is 426 Å². The molecule has 0 rings (SSSR count). The molecule has 0 aromatic heterocycles. The fourth-order valence-electron chi connectivity index (χ4n) is 7.99. The molecule has 0 amide bonds. The van der Waals surface area contributed by atoms with Gasteiger partial charge >= 0.3 is 17.9 Å². The Bertz CT molecular complexity index is 1330. The van der Waals surface area contributed by atoms with Crippen molar-refractivity contribution in [1.82, 2.24) is 0 Å². The lowest BCUT2D eigenvalue weighted by molar-refractivity contribution is -0.167. The molecule has 6 heteroatoms. The maximum Gasteiger partial charge on any atom is 0.306 e. The minimum Gasteiger partial charge on any atom is -0.462 e.